The number of esters is 1. The second kappa shape index (κ2) is 5.90. The molecule has 0 aliphatic heterocycles. The van der Waals surface area contributed by atoms with Crippen LogP contribution in [-0.2, 0) is 4.74 Å². The van der Waals surface area contributed by atoms with E-state index in [0.717, 1.165) is 12.1 Å². The molecule has 0 spiro atoms. The quantitative estimate of drug-likeness (QED) is 0.800. The standard InChI is InChI=1S/C10H8BrF3O3/c1-2-16-9(15)5-3-8(17-10(13)14)7(12)4-6(5)11/h3-4,10H,2H2,1H3. The van der Waals surface area contributed by atoms with Crippen molar-refractivity contribution < 1.29 is 27.4 Å². The van der Waals surface area contributed by atoms with E-state index < -0.39 is 24.1 Å². The lowest BCUT2D eigenvalue weighted by molar-refractivity contribution is -0.0522. The molecule has 0 atom stereocenters. The predicted octanol–water partition coefficient (Wildman–Crippen LogP) is 3.37. The van der Waals surface area contributed by atoms with Crippen LogP contribution in [0.3, 0.4) is 0 Å². The smallest absolute Gasteiger partial charge is 0.387 e. The van der Waals surface area contributed by atoms with Gasteiger partial charge in [0.2, 0.25) is 0 Å². The van der Waals surface area contributed by atoms with Gasteiger partial charge in [-0.2, -0.15) is 8.78 Å². The van der Waals surface area contributed by atoms with Crippen LogP contribution in [0, 0.1) is 5.82 Å². The van der Waals surface area contributed by atoms with Crippen molar-refractivity contribution >= 4 is 21.9 Å². The fourth-order valence-corrected chi connectivity index (χ4v) is 1.56. The molecule has 94 valence electrons. The molecule has 1 aromatic carbocycles. The topological polar surface area (TPSA) is 35.5 Å². The third kappa shape index (κ3) is 3.62. The van der Waals surface area contributed by atoms with Gasteiger partial charge in [0.15, 0.2) is 11.6 Å². The molecule has 0 bridgehead atoms. The van der Waals surface area contributed by atoms with E-state index in [1.807, 2.05) is 0 Å². The Labute approximate surface area is 104 Å². The van der Waals surface area contributed by atoms with Gasteiger partial charge in [-0.3, -0.25) is 0 Å². The van der Waals surface area contributed by atoms with E-state index in [4.69, 9.17) is 0 Å². The minimum absolute atomic E-state index is 0.0797. The van der Waals surface area contributed by atoms with Gasteiger partial charge in [0.25, 0.3) is 0 Å². The highest BCUT2D eigenvalue weighted by molar-refractivity contribution is 9.10. The first-order valence-corrected chi connectivity index (χ1v) is 5.36. The number of halogens is 4. The molecule has 1 aromatic rings. The zero-order valence-corrected chi connectivity index (χ0v) is 10.3. The first-order valence-electron chi connectivity index (χ1n) is 4.56. The van der Waals surface area contributed by atoms with Gasteiger partial charge in [0, 0.05) is 4.47 Å². The van der Waals surface area contributed by atoms with Gasteiger partial charge in [0.1, 0.15) is 0 Å². The van der Waals surface area contributed by atoms with Crippen molar-refractivity contribution in [1.82, 2.24) is 0 Å². The number of alkyl halides is 2. The molecule has 0 radical (unpaired) electrons. The van der Waals surface area contributed by atoms with E-state index in [1.165, 1.54) is 0 Å². The highest BCUT2D eigenvalue weighted by Gasteiger charge is 2.18. The molecule has 0 aliphatic carbocycles. The number of benzene rings is 1. The Morgan fingerprint density at radius 1 is 1.47 bits per heavy atom. The van der Waals surface area contributed by atoms with Crippen LogP contribution >= 0.6 is 15.9 Å². The summed E-state index contributed by atoms with van der Waals surface area (Å²) in [5.74, 6) is -2.45. The maximum Gasteiger partial charge on any atom is 0.387 e. The Kier molecular flexibility index (Phi) is 4.80. The first kappa shape index (κ1) is 13.8. The molecule has 1 rings (SSSR count). The first-order chi connectivity index (χ1) is 7.95. The molecule has 3 nitrogen and oxygen atoms in total. The highest BCUT2D eigenvalue weighted by Crippen LogP contribution is 2.28. The lowest BCUT2D eigenvalue weighted by atomic mass is 10.2. The van der Waals surface area contributed by atoms with Gasteiger partial charge in [0.05, 0.1) is 12.2 Å². The minimum Gasteiger partial charge on any atom is -0.462 e. The van der Waals surface area contributed by atoms with Crippen LogP contribution in [0.15, 0.2) is 16.6 Å². The summed E-state index contributed by atoms with van der Waals surface area (Å²) >= 11 is 2.93. The van der Waals surface area contributed by atoms with Crippen molar-refractivity contribution in [2.24, 2.45) is 0 Å². The molecule has 0 saturated heterocycles. The Morgan fingerprint density at radius 3 is 2.65 bits per heavy atom. The third-order valence-corrected chi connectivity index (χ3v) is 2.39. The number of carbonyl (C=O) groups excluding carboxylic acids is 1. The summed E-state index contributed by atoms with van der Waals surface area (Å²) < 4.78 is 45.8. The van der Waals surface area contributed by atoms with Crippen LogP contribution in [0.4, 0.5) is 13.2 Å². The summed E-state index contributed by atoms with van der Waals surface area (Å²) in [4.78, 5) is 11.4. The Morgan fingerprint density at radius 2 is 2.12 bits per heavy atom. The molecule has 17 heavy (non-hydrogen) atoms. The van der Waals surface area contributed by atoms with E-state index in [1.54, 1.807) is 6.92 Å². The highest BCUT2D eigenvalue weighted by atomic mass is 79.9. The summed E-state index contributed by atoms with van der Waals surface area (Å²) in [5.41, 5.74) is -0.0797. The fourth-order valence-electron chi connectivity index (χ4n) is 1.08. The maximum atomic E-state index is 13.2. The molecule has 0 amide bonds. The normalized spacial score (nSPS) is 10.5. The number of hydrogen-bond donors (Lipinski definition) is 0. The van der Waals surface area contributed by atoms with E-state index in [-0.39, 0.29) is 16.6 Å². The van der Waals surface area contributed by atoms with Crippen molar-refractivity contribution in [3.8, 4) is 5.75 Å². The van der Waals surface area contributed by atoms with Crippen LogP contribution in [0.2, 0.25) is 0 Å². The largest absolute Gasteiger partial charge is 0.462 e. The van der Waals surface area contributed by atoms with Crippen LogP contribution in [-0.4, -0.2) is 19.2 Å². The minimum atomic E-state index is -3.17. The van der Waals surface area contributed by atoms with E-state index in [2.05, 4.69) is 25.4 Å². The van der Waals surface area contributed by atoms with Crippen molar-refractivity contribution in [3.05, 3.63) is 28.0 Å². The number of hydrogen-bond acceptors (Lipinski definition) is 3. The molecule has 7 heteroatoms. The predicted molar refractivity (Wildman–Crippen MR) is 56.7 cm³/mol. The zero-order valence-electron chi connectivity index (χ0n) is 8.68. The molecule has 0 heterocycles. The average Bonchev–Trinajstić information content (AvgIpc) is 2.21. The SMILES string of the molecule is CCOC(=O)c1cc(OC(F)F)c(F)cc1Br. The second-order valence-electron chi connectivity index (χ2n) is 2.86. The van der Waals surface area contributed by atoms with E-state index in [9.17, 15) is 18.0 Å². The fraction of sp³-hybridized carbons (Fsp3) is 0.300. The third-order valence-electron chi connectivity index (χ3n) is 1.73. The van der Waals surface area contributed by atoms with Gasteiger partial charge < -0.3 is 9.47 Å². The number of ether oxygens (including phenoxy) is 2. The van der Waals surface area contributed by atoms with Gasteiger partial charge in [-0.05, 0) is 35.0 Å². The van der Waals surface area contributed by atoms with Crippen LogP contribution in [0.1, 0.15) is 17.3 Å². The maximum absolute atomic E-state index is 13.2. The van der Waals surface area contributed by atoms with Crippen molar-refractivity contribution in [2.75, 3.05) is 6.61 Å². The average molecular weight is 313 g/mol. The van der Waals surface area contributed by atoms with Crippen molar-refractivity contribution in [3.63, 3.8) is 0 Å². The van der Waals surface area contributed by atoms with Gasteiger partial charge in [-0.15, -0.1) is 0 Å². The van der Waals surface area contributed by atoms with Gasteiger partial charge in [-0.25, -0.2) is 9.18 Å². The summed E-state index contributed by atoms with van der Waals surface area (Å²) in [6.07, 6.45) is 0. The number of rotatable bonds is 4. The summed E-state index contributed by atoms with van der Waals surface area (Å²) in [6.45, 7) is -1.46. The van der Waals surface area contributed by atoms with Crippen molar-refractivity contribution in [2.45, 2.75) is 13.5 Å². The van der Waals surface area contributed by atoms with Gasteiger partial charge in [-0.1, -0.05) is 0 Å². The molecule has 0 aromatic heterocycles. The van der Waals surface area contributed by atoms with Crippen molar-refractivity contribution in [1.29, 1.82) is 0 Å². The van der Waals surface area contributed by atoms with Crippen LogP contribution < -0.4 is 4.74 Å². The summed E-state index contributed by atoms with van der Waals surface area (Å²) in [7, 11) is 0. The monoisotopic (exact) mass is 312 g/mol. The molecule has 0 unspecified atom stereocenters. The molecule has 0 N–H and O–H groups in total. The Balaban J connectivity index is 3.09. The molecule has 0 aliphatic rings. The van der Waals surface area contributed by atoms with Gasteiger partial charge >= 0.3 is 12.6 Å². The number of carbonyl (C=O) groups is 1. The zero-order chi connectivity index (χ0) is 13.0. The lowest BCUT2D eigenvalue weighted by Crippen LogP contribution is -2.09. The molecule has 0 saturated carbocycles. The second-order valence-corrected chi connectivity index (χ2v) is 3.72. The molecular weight excluding hydrogens is 305 g/mol. The summed E-state index contributed by atoms with van der Waals surface area (Å²) in [6, 6.07) is 1.73. The van der Waals surface area contributed by atoms with E-state index >= 15 is 0 Å². The summed E-state index contributed by atoms with van der Waals surface area (Å²) in [5, 5.41) is 0. The Hall–Kier alpha value is -1.24. The molecule has 0 fully saturated rings. The lowest BCUT2D eigenvalue weighted by Gasteiger charge is -2.09. The Bertz CT molecular complexity index is 424. The van der Waals surface area contributed by atoms with Crippen LogP contribution in [0.25, 0.3) is 0 Å². The van der Waals surface area contributed by atoms with Crippen LogP contribution in [0.5, 0.6) is 5.75 Å². The van der Waals surface area contributed by atoms with E-state index in [0.29, 0.717) is 0 Å². The molecular formula is C10H8BrF3O3.